The van der Waals surface area contributed by atoms with Crippen molar-refractivity contribution in [1.29, 1.82) is 10.5 Å². The number of pyridine rings is 1. The molecule has 10 nitrogen and oxygen atoms in total. The van der Waals surface area contributed by atoms with Gasteiger partial charge in [0.05, 0.1) is 27.1 Å². The molecule has 0 saturated carbocycles. The number of H-pyrrole nitrogens is 1. The maximum atomic E-state index is 13.0. The van der Waals surface area contributed by atoms with Gasteiger partial charge in [0.1, 0.15) is 34.1 Å². The van der Waals surface area contributed by atoms with Gasteiger partial charge in [0.2, 0.25) is 5.91 Å². The van der Waals surface area contributed by atoms with Gasteiger partial charge in [-0.2, -0.15) is 23.7 Å². The van der Waals surface area contributed by atoms with E-state index in [1.807, 2.05) is 6.07 Å². The number of amides is 1. The Morgan fingerprint density at radius 2 is 2.00 bits per heavy atom. The highest BCUT2D eigenvalue weighted by atomic mass is 35.5. The summed E-state index contributed by atoms with van der Waals surface area (Å²) in [7, 11) is 1.40. The van der Waals surface area contributed by atoms with Crippen LogP contribution >= 0.6 is 23.4 Å². The topological polar surface area (TPSA) is 165 Å². The molecule has 0 radical (unpaired) electrons. The van der Waals surface area contributed by atoms with E-state index >= 15 is 0 Å². The summed E-state index contributed by atoms with van der Waals surface area (Å²) in [6, 6.07) is 6.13. The minimum absolute atomic E-state index is 0.0858. The number of hydrogen-bond donors (Lipinski definition) is 3. The minimum Gasteiger partial charge on any atom is -0.383 e. The summed E-state index contributed by atoms with van der Waals surface area (Å²) in [6.07, 6.45) is -4.65. The average molecular weight is 525 g/mol. The summed E-state index contributed by atoms with van der Waals surface area (Å²) in [5.41, 5.74) is 2.94. The smallest absolute Gasteiger partial charge is 0.383 e. The number of aromatic nitrogens is 3. The number of carbonyl (C=O) groups is 1. The van der Waals surface area contributed by atoms with Gasteiger partial charge in [-0.3, -0.25) is 9.32 Å². The molecule has 1 atom stereocenters. The van der Waals surface area contributed by atoms with Gasteiger partial charge in [0.15, 0.2) is 7.05 Å². The highest BCUT2D eigenvalue weighted by Gasteiger charge is 2.33. The third-order valence-corrected chi connectivity index (χ3v) is 6.08. The molecule has 0 saturated heterocycles. The first kappa shape index (κ1) is 25.6. The van der Waals surface area contributed by atoms with Crippen LogP contribution in [0.1, 0.15) is 23.6 Å². The number of anilines is 2. The van der Waals surface area contributed by atoms with Crippen molar-refractivity contribution in [2.24, 2.45) is 7.05 Å². The zero-order chi connectivity index (χ0) is 26.1. The molecule has 0 aliphatic rings. The first-order valence-corrected chi connectivity index (χ1v) is 10.7. The molecule has 3 aromatic rings. The third kappa shape index (κ3) is 5.08. The molecule has 2 aromatic heterocycles. The second kappa shape index (κ2) is 9.69. The number of halogens is 4. The second-order valence-corrected chi connectivity index (χ2v) is 8.72. The lowest BCUT2D eigenvalue weighted by Crippen LogP contribution is -2.34. The van der Waals surface area contributed by atoms with Crippen molar-refractivity contribution < 1.29 is 27.2 Å². The van der Waals surface area contributed by atoms with Gasteiger partial charge >= 0.3 is 17.5 Å². The van der Waals surface area contributed by atoms with Crippen molar-refractivity contribution in [3.05, 3.63) is 50.3 Å². The standard InChI is InChI=1S/C20H13ClF3N7O3S/c1-8(17(32)28-13-5-9(20(22,23)24)3-4-12(13)21)35-18-11(7-26)14(10(6-25)16(27)29-18)15-19(33)34-30-31(15)2/h3-5,8H,1-2H3,(H3-,27,28,29,30,32,33)/p+1. The van der Waals surface area contributed by atoms with E-state index in [0.717, 1.165) is 28.6 Å². The molecule has 180 valence electrons. The summed E-state index contributed by atoms with van der Waals surface area (Å²) in [4.78, 5) is 28.9. The minimum atomic E-state index is -4.65. The number of thioether (sulfide) groups is 1. The van der Waals surface area contributed by atoms with Gasteiger partial charge in [-0.1, -0.05) is 28.0 Å². The molecule has 0 aliphatic heterocycles. The zero-order valence-electron chi connectivity index (χ0n) is 17.8. The highest BCUT2D eigenvalue weighted by molar-refractivity contribution is 8.00. The Morgan fingerprint density at radius 1 is 1.34 bits per heavy atom. The van der Waals surface area contributed by atoms with Crippen LogP contribution in [0.2, 0.25) is 5.02 Å². The second-order valence-electron chi connectivity index (χ2n) is 6.98. The summed E-state index contributed by atoms with van der Waals surface area (Å²) in [5, 5.41) is 22.7. The fourth-order valence-electron chi connectivity index (χ4n) is 2.98. The number of hydrogen-bond acceptors (Lipinski definition) is 8. The van der Waals surface area contributed by atoms with Crippen LogP contribution in [0.3, 0.4) is 0 Å². The van der Waals surface area contributed by atoms with Crippen LogP contribution in [0.5, 0.6) is 0 Å². The molecule has 4 N–H and O–H groups in total. The van der Waals surface area contributed by atoms with Crippen LogP contribution < -0.4 is 21.4 Å². The van der Waals surface area contributed by atoms with E-state index in [9.17, 15) is 33.3 Å². The zero-order valence-corrected chi connectivity index (χ0v) is 19.4. The van der Waals surface area contributed by atoms with Crippen LogP contribution in [0.15, 0.2) is 32.5 Å². The van der Waals surface area contributed by atoms with E-state index < -0.39 is 28.5 Å². The lowest BCUT2D eigenvalue weighted by molar-refractivity contribution is -0.730. The maximum absolute atomic E-state index is 13.0. The monoisotopic (exact) mass is 524 g/mol. The number of aryl methyl sites for hydroxylation is 1. The molecule has 3 rings (SSSR count). The number of nitriles is 2. The van der Waals surface area contributed by atoms with Gasteiger partial charge < -0.3 is 11.1 Å². The van der Waals surface area contributed by atoms with Crippen LogP contribution in [-0.4, -0.2) is 21.4 Å². The number of nitrogens with two attached hydrogens (primary N) is 1. The van der Waals surface area contributed by atoms with E-state index in [4.69, 9.17) is 21.9 Å². The molecule has 35 heavy (non-hydrogen) atoms. The van der Waals surface area contributed by atoms with Crippen molar-refractivity contribution >= 4 is 40.8 Å². The summed E-state index contributed by atoms with van der Waals surface area (Å²) >= 11 is 6.67. The Balaban J connectivity index is 2.00. The number of nitrogens with one attached hydrogen (secondary N) is 2. The normalized spacial score (nSPS) is 12.0. The summed E-state index contributed by atoms with van der Waals surface area (Å²) in [5.74, 6) is -1.06. The van der Waals surface area contributed by atoms with E-state index in [-0.39, 0.29) is 43.9 Å². The van der Waals surface area contributed by atoms with Gasteiger partial charge in [0.25, 0.3) is 0 Å². The Hall–Kier alpha value is -4.01. The lowest BCUT2D eigenvalue weighted by atomic mass is 10.0. The number of nitrogen functional groups attached to an aromatic ring is 1. The van der Waals surface area contributed by atoms with E-state index in [1.165, 1.54) is 14.0 Å². The van der Waals surface area contributed by atoms with Gasteiger partial charge in [-0.15, -0.1) is 0 Å². The number of alkyl halides is 3. The Kier molecular flexibility index (Phi) is 7.09. The summed E-state index contributed by atoms with van der Waals surface area (Å²) in [6.45, 7) is 1.41. The Morgan fingerprint density at radius 3 is 2.54 bits per heavy atom. The molecule has 0 fully saturated rings. The predicted molar refractivity (Wildman–Crippen MR) is 118 cm³/mol. The van der Waals surface area contributed by atoms with E-state index in [0.29, 0.717) is 6.07 Å². The van der Waals surface area contributed by atoms with Crippen molar-refractivity contribution in [3.8, 4) is 23.4 Å². The predicted octanol–water partition coefficient (Wildman–Crippen LogP) is 2.97. The fraction of sp³-hybridized carbons (Fsp3) is 0.200. The maximum Gasteiger partial charge on any atom is 0.435 e. The number of aromatic amines is 1. The van der Waals surface area contributed by atoms with Crippen molar-refractivity contribution in [2.45, 2.75) is 23.4 Å². The molecule has 1 unspecified atom stereocenters. The molecule has 1 aromatic carbocycles. The van der Waals surface area contributed by atoms with Crippen LogP contribution in [0.4, 0.5) is 24.7 Å². The quantitative estimate of drug-likeness (QED) is 0.338. The summed E-state index contributed by atoms with van der Waals surface area (Å²) < 4.78 is 44.9. The van der Waals surface area contributed by atoms with E-state index in [2.05, 4.69) is 15.6 Å². The number of rotatable bonds is 5. The fourth-order valence-corrected chi connectivity index (χ4v) is 4.07. The Labute approximate surface area is 204 Å². The van der Waals surface area contributed by atoms with Crippen LogP contribution in [-0.2, 0) is 18.0 Å². The lowest BCUT2D eigenvalue weighted by Gasteiger charge is -2.16. The molecule has 2 heterocycles. The SMILES string of the molecule is CC(Sc1nc(N)c(C#N)c(-c2c(=O)o[nH][n+]2C)c1C#N)C(=O)Nc1cc(C(F)(F)F)ccc1Cl. The third-order valence-electron chi connectivity index (χ3n) is 4.67. The van der Waals surface area contributed by atoms with Crippen molar-refractivity contribution in [2.75, 3.05) is 11.1 Å². The molecule has 0 bridgehead atoms. The molecule has 1 amide bonds. The van der Waals surface area contributed by atoms with Crippen LogP contribution in [0, 0.1) is 22.7 Å². The van der Waals surface area contributed by atoms with Crippen molar-refractivity contribution in [1.82, 2.24) is 10.3 Å². The first-order chi connectivity index (χ1) is 16.4. The van der Waals surface area contributed by atoms with Gasteiger partial charge in [-0.25, -0.2) is 9.78 Å². The number of carbonyl (C=O) groups excluding carboxylic acids is 1. The number of benzene rings is 1. The molecular weight excluding hydrogens is 511 g/mol. The van der Waals surface area contributed by atoms with Gasteiger partial charge in [-0.05, 0) is 30.4 Å². The highest BCUT2D eigenvalue weighted by Crippen LogP contribution is 2.36. The Bertz CT molecular complexity index is 1470. The first-order valence-electron chi connectivity index (χ1n) is 9.44. The van der Waals surface area contributed by atoms with Crippen LogP contribution in [0.25, 0.3) is 11.3 Å². The number of nitrogens with zero attached hydrogens (tertiary/aromatic N) is 4. The molecule has 0 spiro atoms. The van der Waals surface area contributed by atoms with Gasteiger partial charge in [0, 0.05) is 0 Å². The van der Waals surface area contributed by atoms with Crippen molar-refractivity contribution in [3.63, 3.8) is 0 Å². The average Bonchev–Trinajstić information content (AvgIpc) is 3.11. The molecule has 0 aliphatic carbocycles. The van der Waals surface area contributed by atoms with E-state index in [1.54, 1.807) is 6.07 Å². The molecule has 15 heteroatoms. The largest absolute Gasteiger partial charge is 0.435 e. The molecular formula is C20H14ClF3N7O3S+.